The van der Waals surface area contributed by atoms with E-state index in [1.54, 1.807) is 58.9 Å². The van der Waals surface area contributed by atoms with Crippen LogP contribution in [0.2, 0.25) is 0 Å². The molecule has 7 rings (SSSR count). The summed E-state index contributed by atoms with van der Waals surface area (Å²) in [6.45, 7) is 20.1. The number of carbonyl (C=O) groups is 3. The maximum atomic E-state index is 14.9. The first kappa shape index (κ1) is 49.9. The number of aliphatic hydroxyl groups excluding tert-OH is 2. The minimum atomic E-state index is -2.05. The van der Waals surface area contributed by atoms with Crippen LogP contribution in [0.1, 0.15) is 84.7 Å². The molecule has 0 radical (unpaired) electrons. The topological polar surface area (TPSA) is 229 Å². The first-order valence-corrected chi connectivity index (χ1v) is 23.3. The molecule has 1 amide bonds. The summed E-state index contributed by atoms with van der Waals surface area (Å²) in [5.41, 5.74) is 0.803. The van der Waals surface area contributed by atoms with Gasteiger partial charge >= 0.3 is 11.8 Å². The van der Waals surface area contributed by atoms with E-state index < -0.39 is 83.0 Å². The fourth-order valence-corrected chi connectivity index (χ4v) is 9.83. The number of amides is 1. The molecule has 0 saturated carbocycles. The quantitative estimate of drug-likeness (QED) is 0.0583. The molecule has 4 heterocycles. The molecule has 7 N–H and O–H groups in total. The highest BCUT2D eigenvalue weighted by atomic mass is 16.7. The molecule has 0 aliphatic carbocycles. The van der Waals surface area contributed by atoms with E-state index in [2.05, 4.69) is 34.3 Å². The smallest absolute Gasteiger partial charge is 0.312 e. The van der Waals surface area contributed by atoms with Crippen molar-refractivity contribution in [3.63, 3.8) is 0 Å². The Labute approximate surface area is 396 Å². The van der Waals surface area contributed by atoms with Crippen molar-refractivity contribution in [1.82, 2.24) is 4.90 Å². The number of hydrogen-bond donors (Lipinski definition) is 7. The largest absolute Gasteiger partial charge is 0.507 e. The Hall–Kier alpha value is -6.01. The SMILES string of the molecule is CCC(C)N1CCN(c2cc(O)c3c(c2)Oc2c4c(O)c5c(O)c(C)c6c(c5c2N3)C(=O)[C@@](C)(O/C=C/[C@H](OC)[C@@H](C)[C@@H](OC(C)=O)[C@H](C)[C@H](O)[C@H](C)[C@@H](O)[C@@H](C)/C=C/C=C(/C)C(=O)N4)O6)CC1. The third-order valence-corrected chi connectivity index (χ3v) is 14.4. The van der Waals surface area contributed by atoms with Gasteiger partial charge in [-0.1, -0.05) is 52.8 Å². The summed E-state index contributed by atoms with van der Waals surface area (Å²) in [6.07, 6.45) is 4.66. The van der Waals surface area contributed by atoms with E-state index in [9.17, 15) is 39.9 Å². The molecular formula is C51H66N4O13. The Kier molecular flexibility index (Phi) is 14.3. The minimum absolute atomic E-state index is 0.0307. The number of hydrogen-bond acceptors (Lipinski definition) is 16. The van der Waals surface area contributed by atoms with Crippen molar-refractivity contribution >= 4 is 51.2 Å². The second-order valence-electron chi connectivity index (χ2n) is 18.9. The molecule has 68 heavy (non-hydrogen) atoms. The van der Waals surface area contributed by atoms with E-state index in [0.29, 0.717) is 24.8 Å². The summed E-state index contributed by atoms with van der Waals surface area (Å²) in [6, 6.07) is 3.81. The number of esters is 1. The number of aromatic hydroxyl groups is 3. The normalized spacial score (nSPS) is 30.1. The first-order chi connectivity index (χ1) is 32.1. The zero-order valence-corrected chi connectivity index (χ0v) is 40.7. The van der Waals surface area contributed by atoms with Crippen LogP contribution in [-0.4, -0.2) is 118 Å². The summed E-state index contributed by atoms with van der Waals surface area (Å²) in [7, 11) is 1.45. The maximum absolute atomic E-state index is 14.9. The van der Waals surface area contributed by atoms with Crippen molar-refractivity contribution in [3.05, 3.63) is 59.4 Å². The third-order valence-electron chi connectivity index (χ3n) is 14.4. The predicted molar refractivity (Wildman–Crippen MR) is 257 cm³/mol. The van der Waals surface area contributed by atoms with Gasteiger partial charge in [0.25, 0.3) is 11.7 Å². The van der Waals surface area contributed by atoms with Crippen LogP contribution in [-0.2, 0) is 23.8 Å². The van der Waals surface area contributed by atoms with Crippen LogP contribution >= 0.6 is 0 Å². The zero-order valence-electron chi connectivity index (χ0n) is 40.7. The highest BCUT2D eigenvalue weighted by molar-refractivity contribution is 6.25. The Morgan fingerprint density at radius 2 is 1.59 bits per heavy atom. The number of ether oxygens (including phenoxy) is 5. The van der Waals surface area contributed by atoms with Crippen LogP contribution in [0.15, 0.2) is 48.3 Å². The number of fused-ring (bicyclic) bond motifs is 2. The second-order valence-corrected chi connectivity index (χ2v) is 18.9. The van der Waals surface area contributed by atoms with Crippen LogP contribution in [0, 0.1) is 30.6 Å². The van der Waals surface area contributed by atoms with E-state index in [4.69, 9.17) is 23.7 Å². The third kappa shape index (κ3) is 9.04. The summed E-state index contributed by atoms with van der Waals surface area (Å²) < 4.78 is 30.6. The second kappa shape index (κ2) is 19.5. The van der Waals surface area contributed by atoms with Crippen molar-refractivity contribution < 1.29 is 63.6 Å². The van der Waals surface area contributed by atoms with Gasteiger partial charge in [0.05, 0.1) is 41.2 Å². The molecule has 4 aliphatic rings. The standard InChI is InChI=1S/C51H66N4O13/c1-12-26(4)54-17-19-55(20-18-54)32-22-33(57)39-35(23-32)67-48-40(52-39)36-37-44(60)30(8)47-38(36)49(62)51(10,68-47)65-21-16-34(64-11)27(5)46(66-31(9)56)29(7)43(59)28(6)42(58)24(2)14-13-15-25(3)50(63)53-41(48)45(37)61/h13-16,21-24,26-29,34,42-43,46,52,57-61H,12,17-20H2,1-11H3,(H,53,63)/b14-13+,21-16+,25-15-/t24-,26?,27+,28+,29+,34-,42-,43+,46+,51-/m0/s1. The lowest BCUT2D eigenvalue weighted by Gasteiger charge is -2.39. The number of ketones is 1. The van der Waals surface area contributed by atoms with Gasteiger partial charge in [-0.15, -0.1) is 0 Å². The monoisotopic (exact) mass is 942 g/mol. The summed E-state index contributed by atoms with van der Waals surface area (Å²) in [5.74, 6) is -7.75. The number of rotatable bonds is 5. The van der Waals surface area contributed by atoms with Crippen molar-refractivity contribution in [2.75, 3.05) is 48.8 Å². The van der Waals surface area contributed by atoms with Crippen LogP contribution in [0.25, 0.3) is 10.8 Å². The average molecular weight is 943 g/mol. The lowest BCUT2D eigenvalue weighted by atomic mass is 9.78. The number of allylic oxidation sites excluding steroid dienone is 2. The number of benzene rings is 3. The fourth-order valence-electron chi connectivity index (χ4n) is 9.83. The number of nitrogens with zero attached hydrogens (tertiary/aromatic N) is 2. The van der Waals surface area contributed by atoms with Gasteiger partial charge in [-0.2, -0.15) is 0 Å². The molecule has 17 heteroatoms. The van der Waals surface area contributed by atoms with Gasteiger partial charge in [0, 0.05) is 111 Å². The van der Waals surface area contributed by atoms with E-state index in [-0.39, 0.29) is 67.5 Å². The number of aliphatic hydroxyl groups is 2. The molecule has 3 aromatic rings. The van der Waals surface area contributed by atoms with Crippen LogP contribution in [0.3, 0.4) is 0 Å². The highest BCUT2D eigenvalue weighted by Gasteiger charge is 2.50. The Morgan fingerprint density at radius 1 is 0.897 bits per heavy atom. The molecule has 1 saturated heterocycles. The lowest BCUT2D eigenvalue weighted by Crippen LogP contribution is -2.49. The Morgan fingerprint density at radius 3 is 2.24 bits per heavy atom. The number of phenolic OH excluding ortho intramolecular Hbond substituents is 3. The number of methoxy groups -OCH3 is 1. The number of piperazine rings is 1. The number of phenols is 3. The molecule has 368 valence electrons. The number of carbonyl (C=O) groups excluding carboxylic acids is 3. The number of Topliss-reactive ketones (excluding diaryl/α,β-unsaturated/α-hetero) is 1. The molecular weight excluding hydrogens is 877 g/mol. The Balaban J connectivity index is 1.38. The van der Waals surface area contributed by atoms with Crippen LogP contribution < -0.4 is 25.0 Å². The van der Waals surface area contributed by atoms with Gasteiger partial charge in [0.15, 0.2) is 17.2 Å². The molecule has 0 aromatic heterocycles. The minimum Gasteiger partial charge on any atom is -0.507 e. The van der Waals surface area contributed by atoms with Crippen LogP contribution in [0.4, 0.5) is 22.7 Å². The van der Waals surface area contributed by atoms with Gasteiger partial charge in [0.2, 0.25) is 0 Å². The van der Waals surface area contributed by atoms with Gasteiger partial charge < -0.3 is 64.8 Å². The molecule has 3 aromatic carbocycles. The molecule has 17 nitrogen and oxygen atoms in total. The van der Waals surface area contributed by atoms with Crippen molar-refractivity contribution in [1.29, 1.82) is 0 Å². The summed E-state index contributed by atoms with van der Waals surface area (Å²) in [5, 5.41) is 64.7. The van der Waals surface area contributed by atoms with E-state index in [1.807, 2.05) is 0 Å². The van der Waals surface area contributed by atoms with Crippen molar-refractivity contribution in [2.24, 2.45) is 23.7 Å². The molecule has 1 unspecified atom stereocenters. The summed E-state index contributed by atoms with van der Waals surface area (Å²) in [4.78, 5) is 46.0. The first-order valence-electron chi connectivity index (χ1n) is 23.3. The van der Waals surface area contributed by atoms with Gasteiger partial charge in [-0.05, 0) is 33.3 Å². The van der Waals surface area contributed by atoms with E-state index in [0.717, 1.165) is 19.5 Å². The zero-order chi connectivity index (χ0) is 49.7. The lowest BCUT2D eigenvalue weighted by molar-refractivity contribution is -0.160. The predicted octanol–water partition coefficient (Wildman–Crippen LogP) is 7.52. The average Bonchev–Trinajstić information content (AvgIpc) is 3.58. The molecule has 4 aliphatic heterocycles. The van der Waals surface area contributed by atoms with E-state index in [1.165, 1.54) is 46.3 Å². The van der Waals surface area contributed by atoms with Gasteiger partial charge in [-0.25, -0.2) is 0 Å². The molecule has 1 fully saturated rings. The summed E-state index contributed by atoms with van der Waals surface area (Å²) >= 11 is 0. The molecule has 4 bridgehead atoms. The molecule has 10 atom stereocenters. The van der Waals surface area contributed by atoms with Gasteiger partial charge in [-0.3, -0.25) is 19.3 Å². The van der Waals surface area contributed by atoms with Gasteiger partial charge in [0.1, 0.15) is 34.7 Å². The van der Waals surface area contributed by atoms with Crippen molar-refractivity contribution in [2.45, 2.75) is 112 Å². The number of nitrogens with one attached hydrogen (secondary N) is 2. The molecule has 0 spiro atoms. The number of anilines is 4. The van der Waals surface area contributed by atoms with Crippen LogP contribution in [0.5, 0.6) is 34.5 Å². The Bertz CT molecular complexity index is 2570. The maximum Gasteiger partial charge on any atom is 0.312 e. The van der Waals surface area contributed by atoms with Crippen molar-refractivity contribution in [3.8, 4) is 34.5 Å². The van der Waals surface area contributed by atoms with E-state index >= 15 is 0 Å². The fraction of sp³-hybridized carbons (Fsp3) is 0.510. The highest BCUT2D eigenvalue weighted by Crippen LogP contribution is 2.61.